The van der Waals surface area contributed by atoms with Gasteiger partial charge >= 0.3 is 0 Å². The highest BCUT2D eigenvalue weighted by molar-refractivity contribution is 5.82. The van der Waals surface area contributed by atoms with Crippen LogP contribution in [0.3, 0.4) is 0 Å². The molecule has 0 saturated carbocycles. The minimum atomic E-state index is -0.0734. The van der Waals surface area contributed by atoms with Crippen LogP contribution < -0.4 is 10.2 Å². The Morgan fingerprint density at radius 2 is 2.22 bits per heavy atom. The molecule has 5 nitrogen and oxygen atoms in total. The lowest BCUT2D eigenvalue weighted by atomic mass is 9.82. The minimum Gasteiger partial charge on any atom is -0.396 e. The third kappa shape index (κ3) is 2.31. The summed E-state index contributed by atoms with van der Waals surface area (Å²) in [6.07, 6.45) is 0. The van der Waals surface area contributed by atoms with Crippen molar-refractivity contribution in [3.8, 4) is 0 Å². The SMILES string of the molecule is Cc1ccc2cc(CO)c(N3CC4CNCC4(CO)C3)nc2c1. The molecule has 3 N–H and O–H groups in total. The van der Waals surface area contributed by atoms with Crippen molar-refractivity contribution in [1.82, 2.24) is 10.3 Å². The fourth-order valence-corrected chi connectivity index (χ4v) is 4.11. The molecule has 0 radical (unpaired) electrons. The fourth-order valence-electron chi connectivity index (χ4n) is 4.11. The number of benzene rings is 1. The van der Waals surface area contributed by atoms with Crippen LogP contribution in [0.4, 0.5) is 5.82 Å². The van der Waals surface area contributed by atoms with E-state index in [1.54, 1.807) is 0 Å². The number of rotatable bonds is 3. The standard InChI is InChI=1S/C18H23N3O2/c1-12-2-3-13-5-14(8-22)17(20-16(13)4-12)21-7-15-6-19-9-18(15,10-21)11-23/h2-5,15,19,22-23H,6-11H2,1H3. The maximum atomic E-state index is 9.89. The second kappa shape index (κ2) is 5.44. The highest BCUT2D eigenvalue weighted by atomic mass is 16.3. The van der Waals surface area contributed by atoms with E-state index < -0.39 is 0 Å². The van der Waals surface area contributed by atoms with Crippen LogP contribution in [-0.4, -0.2) is 48.0 Å². The van der Waals surface area contributed by atoms with E-state index in [4.69, 9.17) is 4.98 Å². The highest BCUT2D eigenvalue weighted by Gasteiger charge is 2.49. The lowest BCUT2D eigenvalue weighted by molar-refractivity contribution is 0.135. The smallest absolute Gasteiger partial charge is 0.134 e. The lowest BCUT2D eigenvalue weighted by Gasteiger charge is -2.26. The summed E-state index contributed by atoms with van der Waals surface area (Å²) in [5.74, 6) is 1.31. The van der Waals surface area contributed by atoms with Gasteiger partial charge in [-0.15, -0.1) is 0 Å². The van der Waals surface area contributed by atoms with Gasteiger partial charge in [0.1, 0.15) is 5.82 Å². The van der Waals surface area contributed by atoms with Crippen LogP contribution in [-0.2, 0) is 6.61 Å². The third-order valence-corrected chi connectivity index (χ3v) is 5.49. The van der Waals surface area contributed by atoms with Crippen LogP contribution in [0.25, 0.3) is 10.9 Å². The van der Waals surface area contributed by atoms with Crippen LogP contribution in [0.5, 0.6) is 0 Å². The number of hydrogen-bond donors (Lipinski definition) is 3. The molecule has 1 aromatic heterocycles. The van der Waals surface area contributed by atoms with E-state index in [9.17, 15) is 10.2 Å². The Balaban J connectivity index is 1.76. The molecule has 0 bridgehead atoms. The molecule has 2 aliphatic heterocycles. The van der Waals surface area contributed by atoms with Gasteiger partial charge in [-0.25, -0.2) is 4.98 Å². The number of pyridine rings is 1. The Labute approximate surface area is 136 Å². The summed E-state index contributed by atoms with van der Waals surface area (Å²) in [5.41, 5.74) is 2.94. The number of anilines is 1. The Hall–Kier alpha value is -1.69. The molecule has 2 fully saturated rings. The number of aliphatic hydroxyl groups excluding tert-OH is 2. The zero-order chi connectivity index (χ0) is 16.0. The van der Waals surface area contributed by atoms with Gasteiger partial charge in [0.2, 0.25) is 0 Å². The zero-order valence-corrected chi connectivity index (χ0v) is 13.4. The van der Waals surface area contributed by atoms with Crippen LogP contribution in [0.1, 0.15) is 11.1 Å². The van der Waals surface area contributed by atoms with E-state index in [1.807, 2.05) is 6.07 Å². The third-order valence-electron chi connectivity index (χ3n) is 5.49. The molecule has 5 heteroatoms. The average Bonchev–Trinajstić information content (AvgIpc) is 3.10. The van der Waals surface area contributed by atoms with E-state index >= 15 is 0 Å². The quantitative estimate of drug-likeness (QED) is 0.790. The topological polar surface area (TPSA) is 68.6 Å². The zero-order valence-electron chi connectivity index (χ0n) is 13.4. The second-order valence-electron chi connectivity index (χ2n) is 7.05. The molecule has 2 atom stereocenters. The van der Waals surface area contributed by atoms with Gasteiger partial charge in [-0.05, 0) is 30.5 Å². The summed E-state index contributed by atoms with van der Waals surface area (Å²) in [7, 11) is 0. The fraction of sp³-hybridized carbons (Fsp3) is 0.500. The summed E-state index contributed by atoms with van der Waals surface area (Å²) >= 11 is 0. The van der Waals surface area contributed by atoms with Crippen molar-refractivity contribution in [3.63, 3.8) is 0 Å². The first kappa shape index (κ1) is 14.9. The average molecular weight is 313 g/mol. The van der Waals surface area contributed by atoms with Gasteiger partial charge in [0.25, 0.3) is 0 Å². The van der Waals surface area contributed by atoms with Crippen molar-refractivity contribution in [2.45, 2.75) is 13.5 Å². The monoisotopic (exact) mass is 313 g/mol. The summed E-state index contributed by atoms with van der Waals surface area (Å²) in [6.45, 7) is 5.71. The summed E-state index contributed by atoms with van der Waals surface area (Å²) in [6, 6.07) is 8.24. The molecule has 4 rings (SSSR count). The molecule has 0 amide bonds. The van der Waals surface area contributed by atoms with Crippen molar-refractivity contribution in [3.05, 3.63) is 35.4 Å². The number of nitrogens with zero attached hydrogens (tertiary/aromatic N) is 2. The molecule has 122 valence electrons. The number of nitrogens with one attached hydrogen (secondary N) is 1. The molecule has 23 heavy (non-hydrogen) atoms. The molecular formula is C18H23N3O2. The normalized spacial score (nSPS) is 26.9. The number of aryl methyl sites for hydroxylation is 1. The van der Waals surface area contributed by atoms with Gasteiger partial charge in [-0.3, -0.25) is 0 Å². The molecule has 0 spiro atoms. The van der Waals surface area contributed by atoms with Crippen molar-refractivity contribution < 1.29 is 10.2 Å². The molecule has 3 heterocycles. The predicted octanol–water partition coefficient (Wildman–Crippen LogP) is 1.05. The van der Waals surface area contributed by atoms with Gasteiger partial charge in [0.05, 0.1) is 18.7 Å². The predicted molar refractivity (Wildman–Crippen MR) is 90.5 cm³/mol. The number of hydrogen-bond acceptors (Lipinski definition) is 5. The first-order valence-electron chi connectivity index (χ1n) is 8.23. The molecule has 2 unspecified atom stereocenters. The largest absolute Gasteiger partial charge is 0.396 e. The summed E-state index contributed by atoms with van der Waals surface area (Å²) in [5, 5.41) is 24.1. The van der Waals surface area contributed by atoms with E-state index in [2.05, 4.69) is 35.3 Å². The van der Waals surface area contributed by atoms with E-state index in [-0.39, 0.29) is 18.6 Å². The number of fused-ring (bicyclic) bond motifs is 2. The van der Waals surface area contributed by atoms with E-state index in [1.165, 1.54) is 5.56 Å². The Bertz CT molecular complexity index is 748. The Kier molecular flexibility index (Phi) is 3.52. The maximum Gasteiger partial charge on any atom is 0.134 e. The number of aromatic nitrogens is 1. The Morgan fingerprint density at radius 3 is 2.96 bits per heavy atom. The maximum absolute atomic E-state index is 9.89. The van der Waals surface area contributed by atoms with Gasteiger partial charge in [0, 0.05) is 42.5 Å². The van der Waals surface area contributed by atoms with Crippen molar-refractivity contribution in [2.24, 2.45) is 11.3 Å². The van der Waals surface area contributed by atoms with Crippen molar-refractivity contribution in [1.29, 1.82) is 0 Å². The number of aliphatic hydroxyl groups is 2. The van der Waals surface area contributed by atoms with Crippen LogP contribution in [0, 0.1) is 18.3 Å². The molecule has 0 aliphatic carbocycles. The highest BCUT2D eigenvalue weighted by Crippen LogP contribution is 2.41. The minimum absolute atomic E-state index is 0.0162. The Morgan fingerprint density at radius 1 is 1.35 bits per heavy atom. The van der Waals surface area contributed by atoms with Crippen LogP contribution in [0.2, 0.25) is 0 Å². The summed E-state index contributed by atoms with van der Waals surface area (Å²) in [4.78, 5) is 7.09. The molecule has 2 aliphatic rings. The first-order chi connectivity index (χ1) is 11.1. The van der Waals surface area contributed by atoms with E-state index in [0.29, 0.717) is 5.92 Å². The van der Waals surface area contributed by atoms with Gasteiger partial charge in [0.15, 0.2) is 0 Å². The molecule has 2 aromatic rings. The lowest BCUT2D eigenvalue weighted by Crippen LogP contribution is -2.36. The molecular weight excluding hydrogens is 290 g/mol. The van der Waals surface area contributed by atoms with Crippen molar-refractivity contribution in [2.75, 3.05) is 37.7 Å². The van der Waals surface area contributed by atoms with Gasteiger partial charge < -0.3 is 20.4 Å². The van der Waals surface area contributed by atoms with Gasteiger partial charge in [-0.2, -0.15) is 0 Å². The van der Waals surface area contributed by atoms with Crippen molar-refractivity contribution >= 4 is 16.7 Å². The van der Waals surface area contributed by atoms with Crippen LogP contribution >= 0.6 is 0 Å². The van der Waals surface area contributed by atoms with E-state index in [0.717, 1.165) is 48.5 Å². The second-order valence-corrected chi connectivity index (χ2v) is 7.05. The first-order valence-corrected chi connectivity index (χ1v) is 8.23. The molecule has 2 saturated heterocycles. The van der Waals surface area contributed by atoms with Crippen LogP contribution in [0.15, 0.2) is 24.3 Å². The molecule has 1 aromatic carbocycles. The van der Waals surface area contributed by atoms with Gasteiger partial charge in [-0.1, -0.05) is 12.1 Å². The summed E-state index contributed by atoms with van der Waals surface area (Å²) < 4.78 is 0.